The maximum absolute atomic E-state index is 13.2. The lowest BCUT2D eigenvalue weighted by Gasteiger charge is -2.12. The quantitative estimate of drug-likeness (QED) is 0.177. The van der Waals surface area contributed by atoms with Crippen LogP contribution < -0.4 is 10.6 Å². The van der Waals surface area contributed by atoms with Gasteiger partial charge in [0, 0.05) is 21.3 Å². The van der Waals surface area contributed by atoms with E-state index in [0.717, 1.165) is 21.2 Å². The molecule has 0 fully saturated rings. The van der Waals surface area contributed by atoms with Gasteiger partial charge in [-0.05, 0) is 78.7 Å². The summed E-state index contributed by atoms with van der Waals surface area (Å²) in [5, 5.41) is 5.52. The second kappa shape index (κ2) is 12.6. The van der Waals surface area contributed by atoms with Crippen LogP contribution in [0.2, 0.25) is 0 Å². The summed E-state index contributed by atoms with van der Waals surface area (Å²) in [6.07, 6.45) is 4.90. The fraction of sp³-hybridized carbons (Fsp3) is 0.0312. The van der Waals surface area contributed by atoms with E-state index in [0.29, 0.717) is 16.8 Å². The summed E-state index contributed by atoms with van der Waals surface area (Å²) in [5.41, 5.74) is 4.34. The molecule has 0 aliphatic carbocycles. The fourth-order valence-electron chi connectivity index (χ4n) is 3.53. The van der Waals surface area contributed by atoms with E-state index in [1.54, 1.807) is 60.7 Å². The largest absolute Gasteiger partial charge is 0.321 e. The molecule has 2 amide bonds. The van der Waals surface area contributed by atoms with E-state index in [-0.39, 0.29) is 11.5 Å². The van der Waals surface area contributed by atoms with E-state index in [9.17, 15) is 14.4 Å². The Balaban J connectivity index is 1.48. The van der Waals surface area contributed by atoms with Crippen molar-refractivity contribution in [3.8, 4) is 0 Å². The molecule has 0 saturated heterocycles. The number of amides is 2. The van der Waals surface area contributed by atoms with Crippen LogP contribution in [0, 0.1) is 6.92 Å². The Morgan fingerprint density at radius 2 is 1.34 bits per heavy atom. The second-order valence-electron chi connectivity index (χ2n) is 8.57. The van der Waals surface area contributed by atoms with Gasteiger partial charge in [-0.1, -0.05) is 82.2 Å². The Bertz CT molecular complexity index is 1490. The Kier molecular flexibility index (Phi) is 8.80. The van der Waals surface area contributed by atoms with E-state index < -0.39 is 11.8 Å². The molecule has 0 atom stereocenters. The topological polar surface area (TPSA) is 75.3 Å². The number of allylic oxidation sites excluding steroid dienone is 1. The van der Waals surface area contributed by atoms with Crippen LogP contribution in [-0.4, -0.2) is 17.6 Å². The first kappa shape index (κ1) is 26.5. The fourth-order valence-corrected chi connectivity index (χ4v) is 3.79. The highest BCUT2D eigenvalue weighted by atomic mass is 79.9. The van der Waals surface area contributed by atoms with Gasteiger partial charge in [0.05, 0.1) is 0 Å². The molecule has 0 spiro atoms. The molecule has 188 valence electrons. The highest BCUT2D eigenvalue weighted by molar-refractivity contribution is 9.10. The number of aryl methyl sites for hydroxylation is 1. The van der Waals surface area contributed by atoms with Crippen molar-refractivity contribution in [1.82, 2.24) is 5.32 Å². The van der Waals surface area contributed by atoms with Crippen molar-refractivity contribution in [3.05, 3.63) is 147 Å². The van der Waals surface area contributed by atoms with Crippen molar-refractivity contribution in [1.29, 1.82) is 0 Å². The van der Waals surface area contributed by atoms with Gasteiger partial charge in [0.15, 0.2) is 5.78 Å². The van der Waals surface area contributed by atoms with Gasteiger partial charge in [-0.25, -0.2) is 0 Å². The number of ketones is 1. The summed E-state index contributed by atoms with van der Waals surface area (Å²) in [6, 6.07) is 30.5. The zero-order valence-electron chi connectivity index (χ0n) is 20.6. The first-order valence-corrected chi connectivity index (χ1v) is 12.7. The van der Waals surface area contributed by atoms with E-state index in [1.165, 1.54) is 6.08 Å². The van der Waals surface area contributed by atoms with E-state index in [4.69, 9.17) is 0 Å². The summed E-state index contributed by atoms with van der Waals surface area (Å²) in [6.45, 7) is 2.01. The molecule has 5 nitrogen and oxygen atoms in total. The number of hydrogen-bond donors (Lipinski definition) is 2. The molecule has 0 heterocycles. The lowest BCUT2D eigenvalue weighted by Crippen LogP contribution is -2.30. The monoisotopic (exact) mass is 564 g/mol. The zero-order valence-corrected chi connectivity index (χ0v) is 22.2. The maximum atomic E-state index is 13.2. The predicted octanol–water partition coefficient (Wildman–Crippen LogP) is 7.06. The van der Waals surface area contributed by atoms with Crippen LogP contribution >= 0.6 is 15.9 Å². The summed E-state index contributed by atoms with van der Waals surface area (Å²) >= 11 is 3.40. The molecule has 0 aliphatic rings. The van der Waals surface area contributed by atoms with Gasteiger partial charge in [0.25, 0.3) is 11.8 Å². The van der Waals surface area contributed by atoms with Gasteiger partial charge in [-0.2, -0.15) is 0 Å². The number of hydrogen-bond acceptors (Lipinski definition) is 3. The third-order valence-corrected chi connectivity index (χ3v) is 6.17. The number of nitrogens with one attached hydrogen (secondary N) is 2. The molecular formula is C32H25BrN2O3. The minimum Gasteiger partial charge on any atom is -0.321 e. The normalized spacial score (nSPS) is 11.3. The van der Waals surface area contributed by atoms with Crippen molar-refractivity contribution >= 4 is 51.4 Å². The van der Waals surface area contributed by atoms with E-state index in [2.05, 4.69) is 26.6 Å². The van der Waals surface area contributed by atoms with Crippen LogP contribution in [0.15, 0.2) is 119 Å². The Hall–Kier alpha value is -4.55. The maximum Gasteiger partial charge on any atom is 0.272 e. The molecule has 4 aromatic rings. The van der Waals surface area contributed by atoms with Crippen molar-refractivity contribution in [3.63, 3.8) is 0 Å². The predicted molar refractivity (Wildman–Crippen MR) is 156 cm³/mol. The molecule has 4 rings (SSSR count). The van der Waals surface area contributed by atoms with Crippen LogP contribution in [0.25, 0.3) is 12.2 Å². The highest BCUT2D eigenvalue weighted by Crippen LogP contribution is 2.16. The molecule has 0 aliphatic heterocycles. The van der Waals surface area contributed by atoms with Crippen LogP contribution in [0.4, 0.5) is 5.69 Å². The molecule has 0 aromatic heterocycles. The number of carbonyl (C=O) groups is 3. The molecule has 4 aromatic carbocycles. The van der Waals surface area contributed by atoms with Crippen molar-refractivity contribution in [2.75, 3.05) is 5.32 Å². The number of benzene rings is 4. The Morgan fingerprint density at radius 1 is 0.711 bits per heavy atom. The van der Waals surface area contributed by atoms with Crippen molar-refractivity contribution in [2.24, 2.45) is 0 Å². The van der Waals surface area contributed by atoms with Crippen molar-refractivity contribution < 1.29 is 14.4 Å². The van der Waals surface area contributed by atoms with Gasteiger partial charge in [0.2, 0.25) is 0 Å². The van der Waals surface area contributed by atoms with Gasteiger partial charge in [-0.15, -0.1) is 0 Å². The number of rotatable bonds is 8. The molecule has 2 N–H and O–H groups in total. The Labute approximate surface area is 230 Å². The molecule has 6 heteroatoms. The summed E-state index contributed by atoms with van der Waals surface area (Å²) in [7, 11) is 0. The summed E-state index contributed by atoms with van der Waals surface area (Å²) in [5.74, 6) is -1.03. The van der Waals surface area contributed by atoms with Crippen LogP contribution in [0.1, 0.15) is 37.4 Å². The molecule has 0 bridgehead atoms. The molecule has 0 unspecified atom stereocenters. The third kappa shape index (κ3) is 7.48. The van der Waals surface area contributed by atoms with Gasteiger partial charge < -0.3 is 10.6 Å². The standard InChI is InChI=1S/C32H25BrN2O3/c1-22-7-9-23(10-8-22)13-20-30(36)25-14-18-28(19-15-25)34-32(38)29(21-24-11-16-27(33)17-12-24)35-31(37)26-5-3-2-4-6-26/h2-21H,1H3,(H,34,38)(H,35,37)/b20-13+,29-21-. The van der Waals surface area contributed by atoms with Crippen LogP contribution in [0.3, 0.4) is 0 Å². The summed E-state index contributed by atoms with van der Waals surface area (Å²) in [4.78, 5) is 38.5. The third-order valence-electron chi connectivity index (χ3n) is 5.64. The molecule has 0 saturated carbocycles. The molecular weight excluding hydrogens is 540 g/mol. The Morgan fingerprint density at radius 3 is 2.00 bits per heavy atom. The van der Waals surface area contributed by atoms with Crippen molar-refractivity contribution in [2.45, 2.75) is 6.92 Å². The smallest absolute Gasteiger partial charge is 0.272 e. The van der Waals surface area contributed by atoms with Crippen LogP contribution in [-0.2, 0) is 4.79 Å². The van der Waals surface area contributed by atoms with Crippen LogP contribution in [0.5, 0.6) is 0 Å². The minimum atomic E-state index is -0.490. The first-order valence-electron chi connectivity index (χ1n) is 11.9. The lowest BCUT2D eigenvalue weighted by molar-refractivity contribution is -0.113. The molecule has 38 heavy (non-hydrogen) atoms. The average Bonchev–Trinajstić information content (AvgIpc) is 2.94. The lowest BCUT2D eigenvalue weighted by atomic mass is 10.1. The van der Waals surface area contributed by atoms with Gasteiger partial charge >= 0.3 is 0 Å². The second-order valence-corrected chi connectivity index (χ2v) is 9.49. The number of halogens is 1. The molecule has 0 radical (unpaired) electrons. The minimum absolute atomic E-state index is 0.0855. The first-order chi connectivity index (χ1) is 18.4. The number of carbonyl (C=O) groups excluding carboxylic acids is 3. The van der Waals surface area contributed by atoms with Gasteiger partial charge in [-0.3, -0.25) is 14.4 Å². The van der Waals surface area contributed by atoms with E-state index in [1.807, 2.05) is 61.5 Å². The average molecular weight is 565 g/mol. The summed E-state index contributed by atoms with van der Waals surface area (Å²) < 4.78 is 0.900. The highest BCUT2D eigenvalue weighted by Gasteiger charge is 2.15. The van der Waals surface area contributed by atoms with Gasteiger partial charge in [0.1, 0.15) is 5.70 Å². The SMILES string of the molecule is Cc1ccc(/C=C/C(=O)c2ccc(NC(=O)/C(=C/c3ccc(Br)cc3)NC(=O)c3ccccc3)cc2)cc1. The number of anilines is 1. The zero-order chi connectivity index (χ0) is 26.9. The van der Waals surface area contributed by atoms with E-state index >= 15 is 0 Å².